The maximum atomic E-state index is 5.45. The fourth-order valence-electron chi connectivity index (χ4n) is 1.39. The molecule has 0 spiro atoms. The maximum absolute atomic E-state index is 5.45. The summed E-state index contributed by atoms with van der Waals surface area (Å²) in [6.45, 7) is 4.75. The highest BCUT2D eigenvalue weighted by atomic mass is 79.9. The van der Waals surface area contributed by atoms with Crippen LogP contribution in [-0.2, 0) is 0 Å². The number of anilines is 1. The van der Waals surface area contributed by atoms with Crippen LogP contribution < -0.4 is 5.32 Å². The smallest absolute Gasteiger partial charge is 0.197 e. The first kappa shape index (κ1) is 12.6. The molecule has 17 heavy (non-hydrogen) atoms. The van der Waals surface area contributed by atoms with Gasteiger partial charge in [-0.05, 0) is 57.8 Å². The molecule has 4 nitrogen and oxygen atoms in total. The molecule has 0 aromatic carbocycles. The Kier molecular flexibility index (Phi) is 3.83. The van der Waals surface area contributed by atoms with Gasteiger partial charge in [0.25, 0.3) is 0 Å². The van der Waals surface area contributed by atoms with Crippen LogP contribution in [0.2, 0.25) is 0 Å². The molecule has 1 N–H and O–H groups in total. The number of furan rings is 1. The summed E-state index contributed by atoms with van der Waals surface area (Å²) in [4.78, 5) is 8.81. The van der Waals surface area contributed by atoms with E-state index in [1.807, 2.05) is 26.0 Å². The van der Waals surface area contributed by atoms with Crippen molar-refractivity contribution in [2.75, 3.05) is 11.9 Å². The number of nitrogens with zero attached hydrogens (tertiary/aromatic N) is 2. The van der Waals surface area contributed by atoms with Gasteiger partial charge in [-0.2, -0.15) is 0 Å². The summed E-state index contributed by atoms with van der Waals surface area (Å²) in [6, 6.07) is 3.66. The molecule has 90 valence electrons. The molecule has 2 heterocycles. The van der Waals surface area contributed by atoms with Crippen molar-refractivity contribution < 1.29 is 4.42 Å². The van der Waals surface area contributed by atoms with Crippen LogP contribution in [0.4, 0.5) is 5.82 Å². The molecular formula is C11H11Br2N3O. The van der Waals surface area contributed by atoms with Gasteiger partial charge >= 0.3 is 0 Å². The molecule has 0 aliphatic carbocycles. The lowest BCUT2D eigenvalue weighted by Crippen LogP contribution is -2.04. The normalized spacial score (nSPS) is 10.6. The summed E-state index contributed by atoms with van der Waals surface area (Å²) in [5.74, 6) is 2.00. The van der Waals surface area contributed by atoms with Crippen LogP contribution in [0.3, 0.4) is 0 Å². The van der Waals surface area contributed by atoms with Crippen molar-refractivity contribution in [3.63, 3.8) is 0 Å². The third-order valence-electron chi connectivity index (χ3n) is 2.15. The summed E-state index contributed by atoms with van der Waals surface area (Å²) in [5.41, 5.74) is 0.874. The third kappa shape index (κ3) is 2.69. The van der Waals surface area contributed by atoms with Gasteiger partial charge in [0.2, 0.25) is 0 Å². The maximum Gasteiger partial charge on any atom is 0.197 e. The Morgan fingerprint density at radius 1 is 1.29 bits per heavy atom. The van der Waals surface area contributed by atoms with Gasteiger partial charge in [-0.3, -0.25) is 0 Å². The fourth-order valence-corrected chi connectivity index (χ4v) is 2.01. The van der Waals surface area contributed by atoms with Crippen LogP contribution >= 0.6 is 31.9 Å². The van der Waals surface area contributed by atoms with E-state index in [1.54, 1.807) is 0 Å². The zero-order valence-corrected chi connectivity index (χ0v) is 12.6. The van der Waals surface area contributed by atoms with Crippen LogP contribution in [0.5, 0.6) is 0 Å². The van der Waals surface area contributed by atoms with Gasteiger partial charge in [0.15, 0.2) is 16.3 Å². The van der Waals surface area contributed by atoms with E-state index in [4.69, 9.17) is 4.42 Å². The zero-order valence-electron chi connectivity index (χ0n) is 9.42. The molecule has 0 saturated heterocycles. The second-order valence-electron chi connectivity index (χ2n) is 3.43. The van der Waals surface area contributed by atoms with Crippen molar-refractivity contribution in [3.8, 4) is 11.6 Å². The van der Waals surface area contributed by atoms with E-state index in [0.717, 1.165) is 22.5 Å². The van der Waals surface area contributed by atoms with E-state index in [-0.39, 0.29) is 0 Å². The third-order valence-corrected chi connectivity index (χ3v) is 3.53. The first-order chi connectivity index (χ1) is 8.11. The van der Waals surface area contributed by atoms with Gasteiger partial charge in [0, 0.05) is 6.54 Å². The van der Waals surface area contributed by atoms with Gasteiger partial charge in [0.1, 0.15) is 5.82 Å². The zero-order chi connectivity index (χ0) is 12.4. The number of hydrogen-bond donors (Lipinski definition) is 1. The lowest BCUT2D eigenvalue weighted by atomic mass is 10.3. The van der Waals surface area contributed by atoms with E-state index in [9.17, 15) is 0 Å². The number of nitrogens with one attached hydrogen (secondary N) is 1. The summed E-state index contributed by atoms with van der Waals surface area (Å²) < 4.78 is 7.00. The van der Waals surface area contributed by atoms with E-state index in [2.05, 4.69) is 47.1 Å². The van der Waals surface area contributed by atoms with Crippen molar-refractivity contribution >= 4 is 37.7 Å². The quantitative estimate of drug-likeness (QED) is 0.898. The Balaban J connectivity index is 2.48. The van der Waals surface area contributed by atoms with Crippen LogP contribution in [0.25, 0.3) is 11.6 Å². The molecule has 0 atom stereocenters. The molecule has 0 amide bonds. The lowest BCUT2D eigenvalue weighted by molar-refractivity contribution is 0.551. The Morgan fingerprint density at radius 3 is 2.65 bits per heavy atom. The lowest BCUT2D eigenvalue weighted by Gasteiger charge is -2.08. The average Bonchev–Trinajstić information content (AvgIpc) is 2.71. The van der Waals surface area contributed by atoms with Crippen molar-refractivity contribution in [3.05, 3.63) is 27.0 Å². The monoisotopic (exact) mass is 359 g/mol. The molecule has 2 rings (SSSR count). The van der Waals surface area contributed by atoms with E-state index < -0.39 is 0 Å². The predicted octanol–water partition coefficient (Wildman–Crippen LogP) is 4.00. The highest BCUT2D eigenvalue weighted by Gasteiger charge is 2.12. The Bertz CT molecular complexity index is 540. The molecule has 0 aliphatic rings. The van der Waals surface area contributed by atoms with Crippen LogP contribution in [-0.4, -0.2) is 16.5 Å². The highest BCUT2D eigenvalue weighted by Crippen LogP contribution is 2.28. The summed E-state index contributed by atoms with van der Waals surface area (Å²) in [5, 5.41) is 3.18. The van der Waals surface area contributed by atoms with Crippen molar-refractivity contribution in [1.29, 1.82) is 0 Å². The van der Waals surface area contributed by atoms with Gasteiger partial charge < -0.3 is 9.73 Å². The first-order valence-electron chi connectivity index (χ1n) is 5.15. The minimum absolute atomic E-state index is 0.576. The number of hydrogen-bond acceptors (Lipinski definition) is 4. The van der Waals surface area contributed by atoms with Gasteiger partial charge in [-0.1, -0.05) is 0 Å². The van der Waals surface area contributed by atoms with Gasteiger partial charge in [-0.15, -0.1) is 0 Å². The van der Waals surface area contributed by atoms with Crippen molar-refractivity contribution in [1.82, 2.24) is 9.97 Å². The second kappa shape index (κ2) is 5.18. The number of halogens is 2. The van der Waals surface area contributed by atoms with E-state index >= 15 is 0 Å². The van der Waals surface area contributed by atoms with Crippen LogP contribution in [0, 0.1) is 6.92 Å². The van der Waals surface area contributed by atoms with Crippen LogP contribution in [0.15, 0.2) is 25.7 Å². The molecule has 0 unspecified atom stereocenters. The average molecular weight is 361 g/mol. The second-order valence-corrected chi connectivity index (χ2v) is 5.00. The van der Waals surface area contributed by atoms with Crippen molar-refractivity contribution in [2.45, 2.75) is 13.8 Å². The summed E-state index contributed by atoms with van der Waals surface area (Å²) >= 11 is 6.73. The Morgan fingerprint density at radius 2 is 2.06 bits per heavy atom. The molecule has 0 radical (unpaired) electrons. The van der Waals surface area contributed by atoms with Crippen molar-refractivity contribution in [2.24, 2.45) is 0 Å². The first-order valence-corrected chi connectivity index (χ1v) is 6.74. The van der Waals surface area contributed by atoms with Gasteiger partial charge in [0.05, 0.1) is 10.2 Å². The summed E-state index contributed by atoms with van der Waals surface area (Å²) in [6.07, 6.45) is 0. The molecule has 2 aromatic heterocycles. The minimum Gasteiger partial charge on any atom is -0.446 e. The van der Waals surface area contributed by atoms with E-state index in [0.29, 0.717) is 16.3 Å². The van der Waals surface area contributed by atoms with E-state index in [1.165, 1.54) is 0 Å². The molecule has 0 saturated carbocycles. The predicted molar refractivity (Wildman–Crippen MR) is 74.0 cm³/mol. The molecule has 0 bridgehead atoms. The largest absolute Gasteiger partial charge is 0.446 e. The topological polar surface area (TPSA) is 51.0 Å². The molecular weight excluding hydrogens is 350 g/mol. The molecule has 0 aliphatic heterocycles. The minimum atomic E-state index is 0.576. The Hall–Kier alpha value is -0.880. The SMILES string of the molecule is CCNc1nc(-c2ccc(Br)o2)nc(C)c1Br. The molecule has 0 fully saturated rings. The number of aryl methyl sites for hydroxylation is 1. The summed E-state index contributed by atoms with van der Waals surface area (Å²) in [7, 11) is 0. The molecule has 2 aromatic rings. The fraction of sp³-hybridized carbons (Fsp3) is 0.273. The van der Waals surface area contributed by atoms with Crippen LogP contribution in [0.1, 0.15) is 12.6 Å². The number of rotatable bonds is 3. The standard InChI is InChI=1S/C11H11Br2N3O/c1-3-14-11-9(13)6(2)15-10(16-11)7-4-5-8(12)17-7/h4-5H,3H2,1-2H3,(H,14,15,16). The number of aromatic nitrogens is 2. The molecule has 6 heteroatoms. The Labute approximate surface area is 116 Å². The van der Waals surface area contributed by atoms with Gasteiger partial charge in [-0.25, -0.2) is 9.97 Å². The highest BCUT2D eigenvalue weighted by molar-refractivity contribution is 9.10.